The number of aromatic nitrogens is 3. The molecule has 0 radical (unpaired) electrons. The van der Waals surface area contributed by atoms with Gasteiger partial charge in [0.25, 0.3) is 0 Å². The van der Waals surface area contributed by atoms with Gasteiger partial charge in [0.1, 0.15) is 11.6 Å². The highest BCUT2D eigenvalue weighted by molar-refractivity contribution is 7.99. The Labute approximate surface area is 151 Å². The summed E-state index contributed by atoms with van der Waals surface area (Å²) in [6.45, 7) is 3.89. The van der Waals surface area contributed by atoms with Crippen molar-refractivity contribution in [3.63, 3.8) is 0 Å². The number of pyridine rings is 1. The fraction of sp³-hybridized carbons (Fsp3) is 0.222. The number of hydrogen-bond donors (Lipinski definition) is 4. The maximum absolute atomic E-state index is 9.28. The van der Waals surface area contributed by atoms with Crippen LogP contribution in [0.15, 0.2) is 58.3 Å². The summed E-state index contributed by atoms with van der Waals surface area (Å²) < 4.78 is 0. The van der Waals surface area contributed by atoms with Gasteiger partial charge in [-0.25, -0.2) is 4.98 Å². The molecule has 4 N–H and O–H groups in total. The van der Waals surface area contributed by atoms with E-state index in [2.05, 4.69) is 37.9 Å². The van der Waals surface area contributed by atoms with Crippen LogP contribution in [0.4, 0.5) is 17.5 Å². The summed E-state index contributed by atoms with van der Waals surface area (Å²) in [4.78, 5) is 6.76. The summed E-state index contributed by atoms with van der Waals surface area (Å²) in [6, 6.07) is 16.0. The topological polar surface area (TPSA) is 85.9 Å². The first-order valence-corrected chi connectivity index (χ1v) is 8.85. The van der Waals surface area contributed by atoms with E-state index in [1.54, 1.807) is 11.8 Å². The van der Waals surface area contributed by atoms with Crippen molar-refractivity contribution in [3.8, 4) is 0 Å². The van der Waals surface area contributed by atoms with Gasteiger partial charge in [0, 0.05) is 27.6 Å². The number of H-pyrrole nitrogens is 1. The molecule has 0 amide bonds. The molecule has 7 heteroatoms. The van der Waals surface area contributed by atoms with Gasteiger partial charge in [0.15, 0.2) is 5.82 Å². The predicted octanol–water partition coefficient (Wildman–Crippen LogP) is 3.80. The van der Waals surface area contributed by atoms with Gasteiger partial charge < -0.3 is 15.7 Å². The van der Waals surface area contributed by atoms with Gasteiger partial charge in [-0.2, -0.15) is 5.10 Å². The van der Waals surface area contributed by atoms with Gasteiger partial charge in [0.2, 0.25) is 0 Å². The van der Waals surface area contributed by atoms with Crippen LogP contribution in [0.25, 0.3) is 0 Å². The van der Waals surface area contributed by atoms with Crippen molar-refractivity contribution in [2.24, 2.45) is 0 Å². The van der Waals surface area contributed by atoms with Crippen LogP contribution in [0.1, 0.15) is 12.6 Å². The van der Waals surface area contributed by atoms with E-state index in [1.807, 2.05) is 50.2 Å². The Balaban J connectivity index is 1.87. The van der Waals surface area contributed by atoms with Crippen molar-refractivity contribution in [1.82, 2.24) is 15.2 Å². The van der Waals surface area contributed by atoms with E-state index in [-0.39, 0.29) is 12.6 Å². The summed E-state index contributed by atoms with van der Waals surface area (Å²) >= 11 is 1.66. The average Bonchev–Trinajstić information content (AvgIpc) is 3.00. The fourth-order valence-electron chi connectivity index (χ4n) is 2.24. The highest BCUT2D eigenvalue weighted by atomic mass is 32.2. The van der Waals surface area contributed by atoms with Crippen LogP contribution in [0.2, 0.25) is 0 Å². The first-order chi connectivity index (χ1) is 12.1. The number of aromatic amines is 1. The normalized spacial score (nSPS) is 12.0. The Morgan fingerprint density at radius 1 is 1.08 bits per heavy atom. The SMILES string of the molecule is Cc1cc(Nc2cc(Sc3ccccc3)cc(NC(C)CO)n2)n[nH]1. The minimum Gasteiger partial charge on any atom is -0.394 e. The lowest BCUT2D eigenvalue weighted by Crippen LogP contribution is -2.20. The van der Waals surface area contributed by atoms with Crippen molar-refractivity contribution in [3.05, 3.63) is 54.2 Å². The fourth-order valence-corrected chi connectivity index (χ4v) is 3.14. The Morgan fingerprint density at radius 3 is 2.52 bits per heavy atom. The maximum Gasteiger partial charge on any atom is 0.153 e. The molecule has 0 fully saturated rings. The van der Waals surface area contributed by atoms with Crippen LogP contribution in [-0.2, 0) is 0 Å². The lowest BCUT2D eigenvalue weighted by molar-refractivity contribution is 0.281. The van der Waals surface area contributed by atoms with Crippen LogP contribution >= 0.6 is 11.8 Å². The van der Waals surface area contributed by atoms with Crippen molar-refractivity contribution in [2.45, 2.75) is 29.7 Å². The quantitative estimate of drug-likeness (QED) is 0.516. The van der Waals surface area contributed by atoms with E-state index >= 15 is 0 Å². The third-order valence-corrected chi connectivity index (χ3v) is 4.39. The largest absolute Gasteiger partial charge is 0.394 e. The molecule has 0 spiro atoms. The number of benzene rings is 1. The molecular formula is C18H21N5OS. The number of hydrogen-bond acceptors (Lipinski definition) is 6. The molecule has 0 aliphatic heterocycles. The molecule has 0 bridgehead atoms. The monoisotopic (exact) mass is 355 g/mol. The van der Waals surface area contributed by atoms with E-state index < -0.39 is 0 Å². The minimum atomic E-state index is -0.0787. The van der Waals surface area contributed by atoms with Crippen LogP contribution < -0.4 is 10.6 Å². The Kier molecular flexibility index (Phi) is 5.57. The van der Waals surface area contributed by atoms with Crippen LogP contribution in [-0.4, -0.2) is 32.9 Å². The zero-order valence-corrected chi connectivity index (χ0v) is 15.0. The molecule has 0 aliphatic rings. The third kappa shape index (κ3) is 4.98. The summed E-state index contributed by atoms with van der Waals surface area (Å²) in [5.41, 5.74) is 0.976. The lowest BCUT2D eigenvalue weighted by Gasteiger charge is -2.14. The summed E-state index contributed by atoms with van der Waals surface area (Å²) in [5.74, 6) is 2.12. The van der Waals surface area contributed by atoms with Crippen molar-refractivity contribution in [1.29, 1.82) is 0 Å². The maximum atomic E-state index is 9.28. The van der Waals surface area contributed by atoms with E-state index in [1.165, 1.54) is 0 Å². The number of aliphatic hydroxyl groups is 1. The first kappa shape index (κ1) is 17.3. The smallest absolute Gasteiger partial charge is 0.153 e. The standard InChI is InChI=1S/C18H21N5OS/c1-12-8-18(23-22-12)21-17-10-15(25-14-6-4-3-5-7-14)9-16(20-17)19-13(2)11-24/h3-10,13,24H,11H2,1-2H3,(H3,19,20,21,22,23). The third-order valence-electron chi connectivity index (χ3n) is 3.41. The highest BCUT2D eigenvalue weighted by Crippen LogP contribution is 2.31. The number of aryl methyl sites for hydroxylation is 1. The Hall–Kier alpha value is -2.51. The molecule has 2 aromatic heterocycles. The second kappa shape index (κ2) is 8.04. The summed E-state index contributed by atoms with van der Waals surface area (Å²) in [5, 5.41) is 22.8. The van der Waals surface area contributed by atoms with E-state index in [0.29, 0.717) is 17.5 Å². The van der Waals surface area contributed by atoms with Crippen LogP contribution in [0.5, 0.6) is 0 Å². The van der Waals surface area contributed by atoms with E-state index in [0.717, 1.165) is 15.5 Å². The second-order valence-corrected chi connectivity index (χ2v) is 6.92. The Bertz CT molecular complexity index is 821. The molecule has 0 saturated heterocycles. The summed E-state index contributed by atoms with van der Waals surface area (Å²) in [6.07, 6.45) is 0. The molecule has 3 aromatic rings. The van der Waals surface area contributed by atoms with Gasteiger partial charge in [-0.3, -0.25) is 5.10 Å². The molecular weight excluding hydrogens is 334 g/mol. The van der Waals surface area contributed by atoms with Crippen molar-refractivity contribution in [2.75, 3.05) is 17.2 Å². The molecule has 0 saturated carbocycles. The Morgan fingerprint density at radius 2 is 1.84 bits per heavy atom. The number of anilines is 3. The van der Waals surface area contributed by atoms with Gasteiger partial charge in [-0.15, -0.1) is 0 Å². The number of nitrogens with zero attached hydrogens (tertiary/aromatic N) is 2. The van der Waals surface area contributed by atoms with Gasteiger partial charge in [-0.05, 0) is 38.1 Å². The molecule has 1 aromatic carbocycles. The van der Waals surface area contributed by atoms with Gasteiger partial charge >= 0.3 is 0 Å². The molecule has 1 atom stereocenters. The lowest BCUT2D eigenvalue weighted by atomic mass is 10.3. The average molecular weight is 355 g/mol. The van der Waals surface area contributed by atoms with Crippen LogP contribution in [0, 0.1) is 6.92 Å². The molecule has 3 rings (SSSR count). The van der Waals surface area contributed by atoms with Crippen molar-refractivity contribution < 1.29 is 5.11 Å². The molecule has 25 heavy (non-hydrogen) atoms. The van der Waals surface area contributed by atoms with Crippen LogP contribution in [0.3, 0.4) is 0 Å². The molecule has 130 valence electrons. The first-order valence-electron chi connectivity index (χ1n) is 8.04. The van der Waals surface area contributed by atoms with Gasteiger partial charge in [-0.1, -0.05) is 30.0 Å². The summed E-state index contributed by atoms with van der Waals surface area (Å²) in [7, 11) is 0. The van der Waals surface area contributed by atoms with E-state index in [9.17, 15) is 5.11 Å². The number of rotatable bonds is 7. The van der Waals surface area contributed by atoms with E-state index in [4.69, 9.17) is 0 Å². The zero-order valence-electron chi connectivity index (χ0n) is 14.2. The molecule has 6 nitrogen and oxygen atoms in total. The van der Waals surface area contributed by atoms with Crippen molar-refractivity contribution >= 4 is 29.2 Å². The second-order valence-electron chi connectivity index (χ2n) is 5.78. The van der Waals surface area contributed by atoms with Gasteiger partial charge in [0.05, 0.1) is 6.61 Å². The molecule has 2 heterocycles. The predicted molar refractivity (Wildman–Crippen MR) is 102 cm³/mol. The molecule has 1 unspecified atom stereocenters. The zero-order chi connectivity index (χ0) is 17.6. The molecule has 0 aliphatic carbocycles. The number of aliphatic hydroxyl groups excluding tert-OH is 1. The number of nitrogens with one attached hydrogen (secondary N) is 3. The highest BCUT2D eigenvalue weighted by Gasteiger charge is 2.08. The minimum absolute atomic E-state index is 0.0407.